The topological polar surface area (TPSA) is 87.7 Å². The number of nitrogens with zero attached hydrogens (tertiary/aromatic N) is 3. The van der Waals surface area contributed by atoms with Gasteiger partial charge < -0.3 is 14.2 Å². The van der Waals surface area contributed by atoms with E-state index in [1.165, 1.54) is 0 Å². The van der Waals surface area contributed by atoms with E-state index >= 15 is 0 Å². The van der Waals surface area contributed by atoms with Crippen LogP contribution in [0, 0.1) is 11.3 Å². The Morgan fingerprint density at radius 1 is 1.56 bits per heavy atom. The molecule has 2 rings (SSSR count). The first kappa shape index (κ1) is 12.3. The molecular weight excluding hydrogens is 232 g/mol. The van der Waals surface area contributed by atoms with E-state index in [1.807, 2.05) is 26.8 Å². The van der Waals surface area contributed by atoms with Crippen LogP contribution < -0.4 is 0 Å². The second kappa shape index (κ2) is 4.63. The molecule has 0 atom stereocenters. The maximum atomic E-state index is 8.75. The first-order chi connectivity index (χ1) is 8.56. The van der Waals surface area contributed by atoms with Crippen molar-refractivity contribution in [2.45, 2.75) is 26.4 Å². The number of H-pyrrole nitrogens is 1. The quantitative estimate of drug-likeness (QED) is 0.893. The monoisotopic (exact) mass is 246 g/mol. The van der Waals surface area contributed by atoms with Crippen molar-refractivity contribution in [3.63, 3.8) is 0 Å². The third-order valence-corrected chi connectivity index (χ3v) is 2.51. The van der Waals surface area contributed by atoms with Gasteiger partial charge >= 0.3 is 0 Å². The zero-order valence-electron chi connectivity index (χ0n) is 10.5. The molecule has 2 heterocycles. The predicted octanol–water partition coefficient (Wildman–Crippen LogP) is 2.21. The number of nitrogens with one attached hydrogen (secondary N) is 1. The summed E-state index contributed by atoms with van der Waals surface area (Å²) < 4.78 is 10.7. The van der Waals surface area contributed by atoms with Crippen molar-refractivity contribution in [3.05, 3.63) is 23.7 Å². The highest BCUT2D eigenvalue weighted by Crippen LogP contribution is 2.24. The van der Waals surface area contributed by atoms with E-state index in [2.05, 4.69) is 15.1 Å². The first-order valence-corrected chi connectivity index (χ1v) is 5.64. The molecule has 94 valence electrons. The smallest absolute Gasteiger partial charge is 0.274 e. The van der Waals surface area contributed by atoms with Gasteiger partial charge in [-0.3, -0.25) is 0 Å². The van der Waals surface area contributed by atoms with Gasteiger partial charge in [0.1, 0.15) is 17.4 Å². The van der Waals surface area contributed by atoms with Crippen molar-refractivity contribution >= 4 is 0 Å². The minimum absolute atomic E-state index is 0.347. The van der Waals surface area contributed by atoms with Crippen LogP contribution in [0.1, 0.15) is 32.2 Å². The highest BCUT2D eigenvalue weighted by atomic mass is 16.5. The molecule has 0 bridgehead atoms. The summed E-state index contributed by atoms with van der Waals surface area (Å²) in [5.41, 5.74) is 0.549. The lowest BCUT2D eigenvalue weighted by molar-refractivity contribution is -0.0221. The Balaban J connectivity index is 2.28. The van der Waals surface area contributed by atoms with Crippen LogP contribution in [0.15, 0.2) is 16.8 Å². The summed E-state index contributed by atoms with van der Waals surface area (Å²) in [5.74, 6) is 0.826. The van der Waals surface area contributed by atoms with Gasteiger partial charge in [0.25, 0.3) is 5.89 Å². The molecule has 0 aliphatic carbocycles. The lowest BCUT2D eigenvalue weighted by Gasteiger charge is -2.19. The fraction of sp³-hybridized carbons (Fsp3) is 0.417. The molecular formula is C12H14N4O2. The van der Waals surface area contributed by atoms with Crippen LogP contribution in [0.5, 0.6) is 0 Å². The van der Waals surface area contributed by atoms with Crippen LogP contribution in [-0.4, -0.2) is 21.7 Å². The number of nitriles is 1. The molecule has 0 spiro atoms. The minimum atomic E-state index is -0.596. The van der Waals surface area contributed by atoms with Gasteiger partial charge in [-0.05, 0) is 26.8 Å². The molecule has 0 radical (unpaired) electrons. The zero-order chi connectivity index (χ0) is 13.2. The van der Waals surface area contributed by atoms with Crippen molar-refractivity contribution in [2.75, 3.05) is 6.61 Å². The van der Waals surface area contributed by atoms with E-state index in [0.717, 1.165) is 0 Å². The van der Waals surface area contributed by atoms with Gasteiger partial charge in [0.15, 0.2) is 0 Å². The Labute approximate surface area is 105 Å². The first-order valence-electron chi connectivity index (χ1n) is 5.64. The molecule has 2 aromatic rings. The molecule has 0 saturated heterocycles. The molecule has 0 amide bonds. The normalized spacial score (nSPS) is 11.4. The molecule has 18 heavy (non-hydrogen) atoms. The van der Waals surface area contributed by atoms with E-state index in [9.17, 15) is 0 Å². The van der Waals surface area contributed by atoms with Crippen LogP contribution >= 0.6 is 0 Å². The van der Waals surface area contributed by atoms with E-state index in [0.29, 0.717) is 29.6 Å². The van der Waals surface area contributed by atoms with E-state index in [-0.39, 0.29) is 0 Å². The summed E-state index contributed by atoms with van der Waals surface area (Å²) in [6.07, 6.45) is 1.59. The highest BCUT2D eigenvalue weighted by Gasteiger charge is 2.27. The molecule has 2 aromatic heterocycles. The number of hydrogen-bond acceptors (Lipinski definition) is 5. The average molecular weight is 246 g/mol. The Morgan fingerprint density at radius 2 is 2.33 bits per heavy atom. The number of hydrogen-bond donors (Lipinski definition) is 1. The second-order valence-electron chi connectivity index (χ2n) is 4.28. The standard InChI is InChI=1S/C12H14N4O2/c1-4-17-12(2,3)11-15-10(18-16-11)9-5-8(6-13)7-14-9/h5,7,14H,4H2,1-3H3. The maximum Gasteiger partial charge on any atom is 0.274 e. The van der Waals surface area contributed by atoms with Crippen LogP contribution in [0.3, 0.4) is 0 Å². The maximum absolute atomic E-state index is 8.75. The molecule has 0 unspecified atom stereocenters. The van der Waals surface area contributed by atoms with Crippen LogP contribution in [0.2, 0.25) is 0 Å². The van der Waals surface area contributed by atoms with Gasteiger partial charge in [0, 0.05) is 12.8 Å². The summed E-state index contributed by atoms with van der Waals surface area (Å²) in [4.78, 5) is 7.19. The summed E-state index contributed by atoms with van der Waals surface area (Å²) in [7, 11) is 0. The molecule has 1 N–H and O–H groups in total. The molecule has 0 aromatic carbocycles. The molecule has 0 aliphatic rings. The number of rotatable bonds is 4. The summed E-state index contributed by atoms with van der Waals surface area (Å²) in [6, 6.07) is 3.69. The fourth-order valence-electron chi connectivity index (χ4n) is 1.59. The Hall–Kier alpha value is -2.13. The van der Waals surface area contributed by atoms with Gasteiger partial charge in [-0.1, -0.05) is 5.16 Å². The van der Waals surface area contributed by atoms with Gasteiger partial charge in [-0.15, -0.1) is 0 Å². The number of aromatic nitrogens is 3. The Kier molecular flexibility index (Phi) is 3.17. The highest BCUT2D eigenvalue weighted by molar-refractivity contribution is 5.51. The van der Waals surface area contributed by atoms with Gasteiger partial charge in [0.2, 0.25) is 5.82 Å². The average Bonchev–Trinajstić information content (AvgIpc) is 2.98. The van der Waals surface area contributed by atoms with Crippen LogP contribution in [0.4, 0.5) is 0 Å². The van der Waals surface area contributed by atoms with Crippen LogP contribution in [0.25, 0.3) is 11.6 Å². The molecule has 6 heteroatoms. The number of ether oxygens (including phenoxy) is 1. The second-order valence-corrected chi connectivity index (χ2v) is 4.28. The van der Waals surface area contributed by atoms with Gasteiger partial charge in [-0.25, -0.2) is 0 Å². The minimum Gasteiger partial charge on any atom is -0.368 e. The van der Waals surface area contributed by atoms with Crippen molar-refractivity contribution in [1.82, 2.24) is 15.1 Å². The molecule has 0 fully saturated rings. The lowest BCUT2D eigenvalue weighted by Crippen LogP contribution is -2.23. The van der Waals surface area contributed by atoms with Crippen molar-refractivity contribution < 1.29 is 9.26 Å². The van der Waals surface area contributed by atoms with Crippen molar-refractivity contribution in [2.24, 2.45) is 0 Å². The summed E-state index contributed by atoms with van der Waals surface area (Å²) in [5, 5.41) is 12.6. The zero-order valence-corrected chi connectivity index (χ0v) is 10.5. The number of aromatic amines is 1. The Morgan fingerprint density at radius 3 is 2.94 bits per heavy atom. The molecule has 6 nitrogen and oxygen atoms in total. The lowest BCUT2D eigenvalue weighted by atomic mass is 10.1. The fourth-order valence-corrected chi connectivity index (χ4v) is 1.59. The summed E-state index contributed by atoms with van der Waals surface area (Å²) in [6.45, 7) is 6.23. The van der Waals surface area contributed by atoms with E-state index < -0.39 is 5.60 Å². The van der Waals surface area contributed by atoms with Gasteiger partial charge in [-0.2, -0.15) is 10.2 Å². The third kappa shape index (κ3) is 2.26. The molecule has 0 aliphatic heterocycles. The van der Waals surface area contributed by atoms with E-state index in [4.69, 9.17) is 14.5 Å². The Bertz CT molecular complexity index is 577. The molecule has 0 saturated carbocycles. The van der Waals surface area contributed by atoms with Crippen molar-refractivity contribution in [3.8, 4) is 17.7 Å². The van der Waals surface area contributed by atoms with E-state index in [1.54, 1.807) is 12.3 Å². The SMILES string of the molecule is CCOC(C)(C)c1noc(-c2cc(C#N)c[nH]2)n1. The predicted molar refractivity (Wildman–Crippen MR) is 63.5 cm³/mol. The summed E-state index contributed by atoms with van der Waals surface area (Å²) >= 11 is 0. The van der Waals surface area contributed by atoms with Gasteiger partial charge in [0.05, 0.1) is 5.56 Å². The van der Waals surface area contributed by atoms with Crippen LogP contribution in [-0.2, 0) is 10.3 Å². The largest absolute Gasteiger partial charge is 0.368 e. The van der Waals surface area contributed by atoms with Crippen molar-refractivity contribution in [1.29, 1.82) is 5.26 Å². The third-order valence-electron chi connectivity index (χ3n) is 2.51.